The number of likely N-dealkylation sites (N-methyl/N-ethyl adjacent to an activating group) is 1. The largest absolute Gasteiger partial charge is 0.496 e. The second kappa shape index (κ2) is 11.7. The van der Waals surface area contributed by atoms with Crippen LogP contribution < -0.4 is 15.4 Å². The fourth-order valence-electron chi connectivity index (χ4n) is 2.29. The first-order valence-corrected chi connectivity index (χ1v) is 8.36. The molecule has 0 aliphatic heterocycles. The van der Waals surface area contributed by atoms with E-state index in [4.69, 9.17) is 9.47 Å². The molecule has 0 fully saturated rings. The predicted octanol–water partition coefficient (Wildman–Crippen LogP) is 1.29. The van der Waals surface area contributed by atoms with Gasteiger partial charge in [0.2, 0.25) is 0 Å². The molecular weight excluding hydrogens is 304 g/mol. The number of rotatable bonds is 10. The van der Waals surface area contributed by atoms with E-state index in [2.05, 4.69) is 52.7 Å². The Kier molecular flexibility index (Phi) is 9.88. The van der Waals surface area contributed by atoms with Crippen LogP contribution in [0.15, 0.2) is 23.2 Å². The van der Waals surface area contributed by atoms with Crippen molar-refractivity contribution in [3.05, 3.63) is 29.3 Å². The van der Waals surface area contributed by atoms with Gasteiger partial charge in [0.25, 0.3) is 0 Å². The first kappa shape index (κ1) is 20.3. The van der Waals surface area contributed by atoms with E-state index in [1.165, 1.54) is 5.56 Å². The van der Waals surface area contributed by atoms with Crippen LogP contribution in [0, 0.1) is 6.92 Å². The third-order valence-corrected chi connectivity index (χ3v) is 3.87. The monoisotopic (exact) mass is 336 g/mol. The van der Waals surface area contributed by atoms with Crippen LogP contribution in [0.4, 0.5) is 0 Å². The Labute approximate surface area is 146 Å². The van der Waals surface area contributed by atoms with E-state index in [-0.39, 0.29) is 0 Å². The second-order valence-corrected chi connectivity index (χ2v) is 5.78. The third-order valence-electron chi connectivity index (χ3n) is 3.87. The van der Waals surface area contributed by atoms with Crippen LogP contribution in [0.1, 0.15) is 11.1 Å². The molecule has 0 amide bonds. The minimum Gasteiger partial charge on any atom is -0.496 e. The number of nitrogens with one attached hydrogen (secondary N) is 2. The third kappa shape index (κ3) is 7.66. The van der Waals surface area contributed by atoms with Gasteiger partial charge in [0, 0.05) is 40.3 Å². The molecule has 0 heterocycles. The Bertz CT molecular complexity index is 506. The van der Waals surface area contributed by atoms with Crippen molar-refractivity contribution in [2.75, 3.05) is 61.1 Å². The topological polar surface area (TPSA) is 58.1 Å². The van der Waals surface area contributed by atoms with Crippen molar-refractivity contribution in [2.24, 2.45) is 4.99 Å². The molecule has 0 saturated carbocycles. The quantitative estimate of drug-likeness (QED) is 0.498. The van der Waals surface area contributed by atoms with Gasteiger partial charge in [-0.3, -0.25) is 4.99 Å². The molecule has 24 heavy (non-hydrogen) atoms. The number of hydrogen-bond donors (Lipinski definition) is 2. The highest BCUT2D eigenvalue weighted by Crippen LogP contribution is 2.18. The Hall–Kier alpha value is -1.79. The van der Waals surface area contributed by atoms with Crippen molar-refractivity contribution in [2.45, 2.75) is 13.3 Å². The molecular formula is C18H32N4O2. The normalized spacial score (nSPS) is 11.7. The molecule has 6 heteroatoms. The maximum absolute atomic E-state index is 5.37. The summed E-state index contributed by atoms with van der Waals surface area (Å²) >= 11 is 0. The molecule has 0 radical (unpaired) electrons. The van der Waals surface area contributed by atoms with Gasteiger partial charge in [-0.05, 0) is 37.6 Å². The van der Waals surface area contributed by atoms with E-state index in [0.29, 0.717) is 0 Å². The van der Waals surface area contributed by atoms with E-state index in [1.54, 1.807) is 21.3 Å². The molecule has 0 bridgehead atoms. The average Bonchev–Trinajstić information content (AvgIpc) is 2.59. The Morgan fingerprint density at radius 3 is 2.58 bits per heavy atom. The van der Waals surface area contributed by atoms with Gasteiger partial charge in [-0.1, -0.05) is 12.1 Å². The minimum atomic E-state index is 0.753. The molecule has 136 valence electrons. The van der Waals surface area contributed by atoms with Gasteiger partial charge >= 0.3 is 0 Å². The lowest BCUT2D eigenvalue weighted by atomic mass is 10.1. The molecule has 2 N–H and O–H groups in total. The van der Waals surface area contributed by atoms with Crippen molar-refractivity contribution in [3.63, 3.8) is 0 Å². The number of hydrogen-bond acceptors (Lipinski definition) is 4. The Balaban J connectivity index is 2.29. The summed E-state index contributed by atoms with van der Waals surface area (Å²) in [5.41, 5.74) is 2.41. The highest BCUT2D eigenvalue weighted by molar-refractivity contribution is 5.79. The van der Waals surface area contributed by atoms with E-state index in [9.17, 15) is 0 Å². The van der Waals surface area contributed by atoms with Crippen LogP contribution in [-0.2, 0) is 11.2 Å². The molecule has 0 aliphatic rings. The first-order chi connectivity index (χ1) is 11.6. The molecule has 0 unspecified atom stereocenters. The molecule has 0 atom stereocenters. The van der Waals surface area contributed by atoms with E-state index in [1.807, 2.05) is 0 Å². The zero-order valence-corrected chi connectivity index (χ0v) is 15.7. The summed E-state index contributed by atoms with van der Waals surface area (Å²) in [4.78, 5) is 6.48. The number of methoxy groups -OCH3 is 2. The molecule has 0 saturated heterocycles. The fourth-order valence-corrected chi connectivity index (χ4v) is 2.29. The van der Waals surface area contributed by atoms with Crippen LogP contribution in [0.2, 0.25) is 0 Å². The standard InChI is InChI=1S/C18H32N4O2/c1-15-6-7-16(14-17(15)24-5)8-9-20-18(19-2)21-10-11-22(3)12-13-23-4/h6-7,14H,8-13H2,1-5H3,(H2,19,20,21). The van der Waals surface area contributed by atoms with Crippen molar-refractivity contribution in [1.82, 2.24) is 15.5 Å². The molecule has 0 spiro atoms. The van der Waals surface area contributed by atoms with E-state index >= 15 is 0 Å². The molecule has 6 nitrogen and oxygen atoms in total. The van der Waals surface area contributed by atoms with Crippen LogP contribution in [-0.4, -0.2) is 72.0 Å². The summed E-state index contributed by atoms with van der Waals surface area (Å²) in [6, 6.07) is 6.33. The number of guanidine groups is 1. The van der Waals surface area contributed by atoms with Gasteiger partial charge in [0.15, 0.2) is 5.96 Å². The minimum absolute atomic E-state index is 0.753. The number of aliphatic imine (C=N–C) groups is 1. The van der Waals surface area contributed by atoms with Gasteiger partial charge in [-0.15, -0.1) is 0 Å². The van der Waals surface area contributed by atoms with Gasteiger partial charge in [-0.25, -0.2) is 0 Å². The molecule has 0 aliphatic carbocycles. The Morgan fingerprint density at radius 1 is 1.17 bits per heavy atom. The van der Waals surface area contributed by atoms with Crippen molar-refractivity contribution in [3.8, 4) is 5.75 Å². The van der Waals surface area contributed by atoms with E-state index in [0.717, 1.165) is 56.5 Å². The molecule has 0 aromatic heterocycles. The van der Waals surface area contributed by atoms with Crippen LogP contribution in [0.25, 0.3) is 0 Å². The van der Waals surface area contributed by atoms with Crippen LogP contribution in [0.5, 0.6) is 5.75 Å². The maximum atomic E-state index is 5.37. The predicted molar refractivity (Wildman–Crippen MR) is 100 cm³/mol. The summed E-state index contributed by atoms with van der Waals surface area (Å²) in [7, 11) is 7.31. The summed E-state index contributed by atoms with van der Waals surface area (Å²) in [5, 5.41) is 6.67. The van der Waals surface area contributed by atoms with Gasteiger partial charge in [0.1, 0.15) is 5.75 Å². The number of ether oxygens (including phenoxy) is 2. The molecule has 1 aromatic carbocycles. The number of nitrogens with zero attached hydrogens (tertiary/aromatic N) is 2. The summed E-state index contributed by atoms with van der Waals surface area (Å²) in [5.74, 6) is 1.77. The zero-order chi connectivity index (χ0) is 17.8. The smallest absolute Gasteiger partial charge is 0.191 e. The van der Waals surface area contributed by atoms with Crippen LogP contribution in [0.3, 0.4) is 0 Å². The van der Waals surface area contributed by atoms with E-state index < -0.39 is 0 Å². The fraction of sp³-hybridized carbons (Fsp3) is 0.611. The summed E-state index contributed by atoms with van der Waals surface area (Å²) in [6.07, 6.45) is 0.922. The highest BCUT2D eigenvalue weighted by Gasteiger charge is 2.02. The lowest BCUT2D eigenvalue weighted by molar-refractivity contribution is 0.162. The number of benzene rings is 1. The van der Waals surface area contributed by atoms with Crippen molar-refractivity contribution < 1.29 is 9.47 Å². The summed E-state index contributed by atoms with van der Waals surface area (Å²) < 4.78 is 10.4. The Morgan fingerprint density at radius 2 is 1.92 bits per heavy atom. The second-order valence-electron chi connectivity index (χ2n) is 5.78. The van der Waals surface area contributed by atoms with Gasteiger partial charge < -0.3 is 25.0 Å². The summed E-state index contributed by atoms with van der Waals surface area (Å²) in [6.45, 7) is 6.35. The lowest BCUT2D eigenvalue weighted by Gasteiger charge is -2.18. The number of aryl methyl sites for hydroxylation is 1. The van der Waals surface area contributed by atoms with Crippen LogP contribution >= 0.6 is 0 Å². The maximum Gasteiger partial charge on any atom is 0.191 e. The van der Waals surface area contributed by atoms with Gasteiger partial charge in [0.05, 0.1) is 13.7 Å². The zero-order valence-electron chi connectivity index (χ0n) is 15.7. The highest BCUT2D eigenvalue weighted by atomic mass is 16.5. The van der Waals surface area contributed by atoms with Gasteiger partial charge in [-0.2, -0.15) is 0 Å². The molecule has 1 rings (SSSR count). The SMILES string of the molecule is CN=C(NCCc1ccc(C)c(OC)c1)NCCN(C)CCOC. The average molecular weight is 336 g/mol. The van der Waals surface area contributed by atoms with Crippen molar-refractivity contribution in [1.29, 1.82) is 0 Å². The molecule has 1 aromatic rings. The lowest BCUT2D eigenvalue weighted by Crippen LogP contribution is -2.42. The first-order valence-electron chi connectivity index (χ1n) is 8.36. The van der Waals surface area contributed by atoms with Crippen molar-refractivity contribution >= 4 is 5.96 Å².